The van der Waals surface area contributed by atoms with Crippen LogP contribution < -0.4 is 5.32 Å². The SMILES string of the molecule is CCC(CC)C(=O)NCc1nnnn1C1CCCC1. The van der Waals surface area contributed by atoms with Crippen molar-refractivity contribution < 1.29 is 4.79 Å². The van der Waals surface area contributed by atoms with E-state index in [4.69, 9.17) is 0 Å². The van der Waals surface area contributed by atoms with Gasteiger partial charge in [-0.2, -0.15) is 0 Å². The molecule has 0 saturated heterocycles. The maximum absolute atomic E-state index is 11.9. The maximum Gasteiger partial charge on any atom is 0.223 e. The van der Waals surface area contributed by atoms with Crippen LogP contribution in [-0.2, 0) is 11.3 Å². The molecule has 1 aliphatic carbocycles. The molecule has 1 amide bonds. The number of nitrogens with zero attached hydrogens (tertiary/aromatic N) is 4. The minimum atomic E-state index is 0.0933. The molecule has 19 heavy (non-hydrogen) atoms. The van der Waals surface area contributed by atoms with Gasteiger partial charge < -0.3 is 5.32 Å². The van der Waals surface area contributed by atoms with E-state index in [0.29, 0.717) is 12.6 Å². The lowest BCUT2D eigenvalue weighted by molar-refractivity contribution is -0.125. The van der Waals surface area contributed by atoms with Gasteiger partial charge in [-0.25, -0.2) is 4.68 Å². The first kappa shape index (κ1) is 14.0. The van der Waals surface area contributed by atoms with E-state index in [-0.39, 0.29) is 11.8 Å². The molecule has 0 bridgehead atoms. The first-order chi connectivity index (χ1) is 9.26. The lowest BCUT2D eigenvalue weighted by atomic mass is 10.0. The molecule has 1 aromatic rings. The van der Waals surface area contributed by atoms with E-state index in [2.05, 4.69) is 20.8 Å². The number of carbonyl (C=O) groups excluding carboxylic acids is 1. The molecule has 6 nitrogen and oxygen atoms in total. The zero-order valence-corrected chi connectivity index (χ0v) is 11.8. The second-order valence-electron chi connectivity index (χ2n) is 5.21. The fourth-order valence-corrected chi connectivity index (χ4v) is 2.73. The standard InChI is InChI=1S/C13H23N5O/c1-3-10(4-2)13(19)14-9-12-15-16-17-18(12)11-7-5-6-8-11/h10-11H,3-9H2,1-2H3,(H,14,19). The van der Waals surface area contributed by atoms with Crippen molar-refractivity contribution in [1.29, 1.82) is 0 Å². The molecule has 106 valence electrons. The molecule has 1 fully saturated rings. The molecule has 1 N–H and O–H groups in total. The predicted octanol–water partition coefficient (Wildman–Crippen LogP) is 1.84. The van der Waals surface area contributed by atoms with Gasteiger partial charge in [0.2, 0.25) is 5.91 Å². The van der Waals surface area contributed by atoms with Crippen LogP contribution in [-0.4, -0.2) is 26.1 Å². The minimum absolute atomic E-state index is 0.0933. The van der Waals surface area contributed by atoms with E-state index in [9.17, 15) is 4.79 Å². The smallest absolute Gasteiger partial charge is 0.223 e. The summed E-state index contributed by atoms with van der Waals surface area (Å²) in [4.78, 5) is 11.9. The quantitative estimate of drug-likeness (QED) is 0.851. The largest absolute Gasteiger partial charge is 0.348 e. The summed E-state index contributed by atoms with van der Waals surface area (Å²) >= 11 is 0. The molecule has 0 aliphatic heterocycles. The highest BCUT2D eigenvalue weighted by Gasteiger charge is 2.22. The van der Waals surface area contributed by atoms with E-state index >= 15 is 0 Å². The monoisotopic (exact) mass is 265 g/mol. The normalized spacial score (nSPS) is 16.2. The molecule has 2 rings (SSSR count). The Morgan fingerprint density at radius 3 is 2.68 bits per heavy atom. The Balaban J connectivity index is 1.92. The third kappa shape index (κ3) is 3.30. The summed E-state index contributed by atoms with van der Waals surface area (Å²) < 4.78 is 1.89. The molecular weight excluding hydrogens is 242 g/mol. The van der Waals surface area contributed by atoms with Crippen molar-refractivity contribution in [3.63, 3.8) is 0 Å². The molecule has 0 spiro atoms. The number of amides is 1. The van der Waals surface area contributed by atoms with Gasteiger partial charge in [0, 0.05) is 5.92 Å². The van der Waals surface area contributed by atoms with Crippen LogP contribution in [0.25, 0.3) is 0 Å². The number of rotatable bonds is 6. The third-order valence-corrected chi connectivity index (χ3v) is 4.01. The van der Waals surface area contributed by atoms with Crippen LogP contribution in [0, 0.1) is 5.92 Å². The average molecular weight is 265 g/mol. The molecule has 1 aromatic heterocycles. The topological polar surface area (TPSA) is 72.7 Å². The van der Waals surface area contributed by atoms with Gasteiger partial charge in [0.25, 0.3) is 0 Å². The van der Waals surface area contributed by atoms with Crippen molar-refractivity contribution in [3.8, 4) is 0 Å². The van der Waals surface area contributed by atoms with Crippen molar-refractivity contribution in [2.24, 2.45) is 5.92 Å². The van der Waals surface area contributed by atoms with Gasteiger partial charge in [0.1, 0.15) is 0 Å². The van der Waals surface area contributed by atoms with Gasteiger partial charge in [-0.3, -0.25) is 4.79 Å². The molecule has 0 atom stereocenters. The molecule has 0 aromatic carbocycles. The van der Waals surface area contributed by atoms with Crippen molar-refractivity contribution in [1.82, 2.24) is 25.5 Å². The number of hydrogen-bond acceptors (Lipinski definition) is 4. The predicted molar refractivity (Wildman–Crippen MR) is 71.2 cm³/mol. The highest BCUT2D eigenvalue weighted by Crippen LogP contribution is 2.28. The van der Waals surface area contributed by atoms with Crippen LogP contribution >= 0.6 is 0 Å². The second kappa shape index (κ2) is 6.63. The summed E-state index contributed by atoms with van der Waals surface area (Å²) in [5.74, 6) is 0.966. The fourth-order valence-electron chi connectivity index (χ4n) is 2.73. The van der Waals surface area contributed by atoms with Gasteiger partial charge in [-0.05, 0) is 36.1 Å². The van der Waals surface area contributed by atoms with Gasteiger partial charge in [-0.15, -0.1) is 5.10 Å². The summed E-state index contributed by atoms with van der Waals surface area (Å²) in [5.41, 5.74) is 0. The Kier molecular flexibility index (Phi) is 4.87. The van der Waals surface area contributed by atoms with Crippen molar-refractivity contribution in [3.05, 3.63) is 5.82 Å². The number of aromatic nitrogens is 4. The van der Waals surface area contributed by atoms with Crippen molar-refractivity contribution in [2.75, 3.05) is 0 Å². The average Bonchev–Trinajstić information content (AvgIpc) is 3.08. The van der Waals surface area contributed by atoms with Gasteiger partial charge in [0.05, 0.1) is 12.6 Å². The van der Waals surface area contributed by atoms with Crippen molar-refractivity contribution in [2.45, 2.75) is 65.0 Å². The van der Waals surface area contributed by atoms with Gasteiger partial charge in [0.15, 0.2) is 5.82 Å². The molecule has 6 heteroatoms. The van der Waals surface area contributed by atoms with Crippen molar-refractivity contribution >= 4 is 5.91 Å². The van der Waals surface area contributed by atoms with Crippen LogP contribution in [0.3, 0.4) is 0 Å². The zero-order valence-electron chi connectivity index (χ0n) is 11.8. The summed E-state index contributed by atoms with van der Waals surface area (Å²) in [6, 6.07) is 0.412. The van der Waals surface area contributed by atoms with Crippen LogP contribution in [0.1, 0.15) is 64.2 Å². The zero-order chi connectivity index (χ0) is 13.7. The van der Waals surface area contributed by atoms with E-state index in [0.717, 1.165) is 31.5 Å². The van der Waals surface area contributed by atoms with E-state index in [1.54, 1.807) is 0 Å². The molecular formula is C13H23N5O. The van der Waals surface area contributed by atoms with Gasteiger partial charge in [-0.1, -0.05) is 26.7 Å². The van der Waals surface area contributed by atoms with Crippen LogP contribution in [0.15, 0.2) is 0 Å². The number of tetrazole rings is 1. The summed E-state index contributed by atoms with van der Waals surface area (Å²) in [7, 11) is 0. The highest BCUT2D eigenvalue weighted by atomic mass is 16.1. The van der Waals surface area contributed by atoms with E-state index in [1.165, 1.54) is 12.8 Å². The number of carbonyl (C=O) groups is 1. The first-order valence-corrected chi connectivity index (χ1v) is 7.30. The molecule has 0 unspecified atom stereocenters. The highest BCUT2D eigenvalue weighted by molar-refractivity contribution is 5.78. The van der Waals surface area contributed by atoms with Gasteiger partial charge >= 0.3 is 0 Å². The molecule has 0 radical (unpaired) electrons. The Bertz CT molecular complexity index is 407. The lowest BCUT2D eigenvalue weighted by Gasteiger charge is -2.14. The fraction of sp³-hybridized carbons (Fsp3) is 0.846. The Hall–Kier alpha value is -1.46. The van der Waals surface area contributed by atoms with Crippen LogP contribution in [0.5, 0.6) is 0 Å². The Morgan fingerprint density at radius 1 is 1.37 bits per heavy atom. The Morgan fingerprint density at radius 2 is 2.05 bits per heavy atom. The van der Waals surface area contributed by atoms with E-state index in [1.807, 2.05) is 18.5 Å². The van der Waals surface area contributed by atoms with Crippen LogP contribution in [0.2, 0.25) is 0 Å². The van der Waals surface area contributed by atoms with Crippen LogP contribution in [0.4, 0.5) is 0 Å². The third-order valence-electron chi connectivity index (χ3n) is 4.01. The summed E-state index contributed by atoms with van der Waals surface area (Å²) in [6.07, 6.45) is 6.50. The van der Waals surface area contributed by atoms with E-state index < -0.39 is 0 Å². The second-order valence-corrected chi connectivity index (χ2v) is 5.21. The lowest BCUT2D eigenvalue weighted by Crippen LogP contribution is -2.31. The number of hydrogen-bond donors (Lipinski definition) is 1. The number of nitrogens with one attached hydrogen (secondary N) is 1. The minimum Gasteiger partial charge on any atom is -0.348 e. The maximum atomic E-state index is 11.9. The molecule has 1 aliphatic rings. The Labute approximate surface area is 113 Å². The molecule has 1 heterocycles. The summed E-state index contributed by atoms with van der Waals surface area (Å²) in [6.45, 7) is 4.51. The molecule has 1 saturated carbocycles. The first-order valence-electron chi connectivity index (χ1n) is 7.30. The summed E-state index contributed by atoms with van der Waals surface area (Å²) in [5, 5.41) is 14.8.